The molecule has 0 bridgehead atoms. The van der Waals surface area contributed by atoms with Crippen molar-refractivity contribution >= 4 is 17.0 Å². The van der Waals surface area contributed by atoms with Gasteiger partial charge >= 0.3 is 5.97 Å². The van der Waals surface area contributed by atoms with Crippen LogP contribution in [0.1, 0.15) is 17.3 Å². The van der Waals surface area contributed by atoms with Crippen molar-refractivity contribution in [2.45, 2.75) is 13.5 Å². The summed E-state index contributed by atoms with van der Waals surface area (Å²) in [5.74, 6) is -0.951. The quantitative estimate of drug-likeness (QED) is 0.857. The van der Waals surface area contributed by atoms with Crippen molar-refractivity contribution < 1.29 is 9.90 Å². The fourth-order valence-electron chi connectivity index (χ4n) is 1.78. The maximum Gasteiger partial charge on any atom is 0.337 e. The molecule has 1 N–H and O–H groups in total. The molecule has 0 amide bonds. The van der Waals surface area contributed by atoms with Crippen LogP contribution in [0.15, 0.2) is 18.2 Å². The van der Waals surface area contributed by atoms with Gasteiger partial charge in [0.1, 0.15) is 11.0 Å². The molecule has 96 valence electrons. The molecule has 0 unspecified atom stereocenters. The third-order valence-corrected chi connectivity index (χ3v) is 3.00. The number of likely N-dealkylation sites (N-methyl/N-ethyl adjacent to an activating group) is 1. The molecule has 0 fully saturated rings. The number of fused-ring (bicyclic) bond motifs is 1. The Morgan fingerprint density at radius 3 is 2.94 bits per heavy atom. The largest absolute Gasteiger partial charge is 0.478 e. The lowest BCUT2D eigenvalue weighted by Gasteiger charge is -2.13. The van der Waals surface area contributed by atoms with Crippen LogP contribution in [0.2, 0.25) is 0 Å². The zero-order chi connectivity index (χ0) is 13.1. The van der Waals surface area contributed by atoms with Gasteiger partial charge in [0.25, 0.3) is 0 Å². The summed E-state index contributed by atoms with van der Waals surface area (Å²) in [7, 11) is 2.01. The van der Waals surface area contributed by atoms with E-state index in [0.717, 1.165) is 13.1 Å². The van der Waals surface area contributed by atoms with E-state index < -0.39 is 5.97 Å². The topological polar surface area (TPSA) is 71.2 Å². The summed E-state index contributed by atoms with van der Waals surface area (Å²) in [5.41, 5.74) is 1.46. The van der Waals surface area contributed by atoms with Crippen molar-refractivity contribution in [1.29, 1.82) is 0 Å². The number of benzene rings is 1. The SMILES string of the molecule is CCN(C)CCn1nnc2cccc(C(=O)O)c21. The van der Waals surface area contributed by atoms with E-state index in [1.165, 1.54) is 0 Å². The standard InChI is InChI=1S/C12H16N4O2/c1-3-15(2)7-8-16-11-9(12(17)18)5-4-6-10(11)13-14-16/h4-6H,3,7-8H2,1-2H3,(H,17,18). The van der Waals surface area contributed by atoms with Crippen LogP contribution in [0.25, 0.3) is 11.0 Å². The number of hydrogen-bond donors (Lipinski definition) is 1. The second-order valence-electron chi connectivity index (χ2n) is 4.19. The Labute approximate surface area is 105 Å². The van der Waals surface area contributed by atoms with Crippen LogP contribution >= 0.6 is 0 Å². The summed E-state index contributed by atoms with van der Waals surface area (Å²) in [6, 6.07) is 5.03. The van der Waals surface area contributed by atoms with Gasteiger partial charge in [-0.1, -0.05) is 18.2 Å². The first-order chi connectivity index (χ1) is 8.63. The van der Waals surface area contributed by atoms with E-state index >= 15 is 0 Å². The maximum absolute atomic E-state index is 11.2. The summed E-state index contributed by atoms with van der Waals surface area (Å²) in [5, 5.41) is 17.2. The van der Waals surface area contributed by atoms with Crippen LogP contribution < -0.4 is 0 Å². The van der Waals surface area contributed by atoms with Gasteiger partial charge in [-0.15, -0.1) is 5.10 Å². The lowest BCUT2D eigenvalue weighted by Crippen LogP contribution is -2.23. The summed E-state index contributed by atoms with van der Waals surface area (Å²) >= 11 is 0. The Bertz CT molecular complexity index is 564. The molecule has 0 aliphatic carbocycles. The number of para-hydroxylation sites is 1. The lowest BCUT2D eigenvalue weighted by molar-refractivity contribution is 0.0698. The maximum atomic E-state index is 11.2. The van der Waals surface area contributed by atoms with Crippen molar-refractivity contribution in [2.24, 2.45) is 0 Å². The molecule has 0 radical (unpaired) electrons. The Balaban J connectivity index is 2.36. The van der Waals surface area contributed by atoms with Gasteiger partial charge in [-0.3, -0.25) is 0 Å². The predicted octanol–water partition coefficient (Wildman–Crippen LogP) is 1.08. The minimum absolute atomic E-state index is 0.247. The van der Waals surface area contributed by atoms with Gasteiger partial charge < -0.3 is 10.0 Å². The van der Waals surface area contributed by atoms with Crippen LogP contribution in [-0.4, -0.2) is 51.1 Å². The average molecular weight is 248 g/mol. The highest BCUT2D eigenvalue weighted by Gasteiger charge is 2.14. The van der Waals surface area contributed by atoms with Crippen LogP contribution in [0.4, 0.5) is 0 Å². The minimum atomic E-state index is -0.951. The number of aromatic nitrogens is 3. The molecule has 0 aliphatic heterocycles. The molecule has 0 saturated carbocycles. The van der Waals surface area contributed by atoms with Gasteiger partial charge in [-0.05, 0) is 25.7 Å². The second-order valence-corrected chi connectivity index (χ2v) is 4.19. The Morgan fingerprint density at radius 2 is 2.28 bits per heavy atom. The van der Waals surface area contributed by atoms with E-state index in [1.54, 1.807) is 22.9 Å². The average Bonchev–Trinajstić information content (AvgIpc) is 2.78. The molecule has 0 saturated heterocycles. The van der Waals surface area contributed by atoms with E-state index in [1.807, 2.05) is 7.05 Å². The number of hydrogen-bond acceptors (Lipinski definition) is 4. The number of aromatic carboxylic acids is 1. The van der Waals surface area contributed by atoms with Crippen LogP contribution in [0.3, 0.4) is 0 Å². The Hall–Kier alpha value is -1.95. The third-order valence-electron chi connectivity index (χ3n) is 3.00. The molecule has 0 spiro atoms. The van der Waals surface area contributed by atoms with Gasteiger partial charge in [0.05, 0.1) is 12.1 Å². The van der Waals surface area contributed by atoms with E-state index in [4.69, 9.17) is 5.11 Å². The monoisotopic (exact) mass is 248 g/mol. The van der Waals surface area contributed by atoms with Gasteiger partial charge in [0, 0.05) is 6.54 Å². The molecule has 18 heavy (non-hydrogen) atoms. The Morgan fingerprint density at radius 1 is 1.50 bits per heavy atom. The predicted molar refractivity (Wildman–Crippen MR) is 67.7 cm³/mol. The first-order valence-corrected chi connectivity index (χ1v) is 5.87. The number of nitrogens with zero attached hydrogens (tertiary/aromatic N) is 4. The molecule has 2 aromatic rings. The summed E-state index contributed by atoms with van der Waals surface area (Å²) in [6.45, 7) is 4.45. The highest BCUT2D eigenvalue weighted by Crippen LogP contribution is 2.16. The number of carboxylic acids is 1. The van der Waals surface area contributed by atoms with E-state index in [9.17, 15) is 4.79 Å². The molecule has 6 nitrogen and oxygen atoms in total. The number of carboxylic acid groups (broad SMARTS) is 1. The molecule has 6 heteroatoms. The van der Waals surface area contributed by atoms with Gasteiger partial charge in [-0.2, -0.15) is 0 Å². The second kappa shape index (κ2) is 5.14. The third kappa shape index (κ3) is 2.33. The van der Waals surface area contributed by atoms with E-state index in [0.29, 0.717) is 17.6 Å². The summed E-state index contributed by atoms with van der Waals surface area (Å²) in [6.07, 6.45) is 0. The molecular weight excluding hydrogens is 232 g/mol. The zero-order valence-corrected chi connectivity index (χ0v) is 10.5. The minimum Gasteiger partial charge on any atom is -0.478 e. The molecule has 0 aliphatic rings. The van der Waals surface area contributed by atoms with Crippen LogP contribution in [0.5, 0.6) is 0 Å². The highest BCUT2D eigenvalue weighted by atomic mass is 16.4. The van der Waals surface area contributed by atoms with Crippen molar-refractivity contribution in [1.82, 2.24) is 19.9 Å². The van der Waals surface area contributed by atoms with Gasteiger partial charge in [0.15, 0.2) is 0 Å². The van der Waals surface area contributed by atoms with Crippen molar-refractivity contribution in [3.8, 4) is 0 Å². The summed E-state index contributed by atoms with van der Waals surface area (Å²) < 4.78 is 1.66. The zero-order valence-electron chi connectivity index (χ0n) is 10.5. The fraction of sp³-hybridized carbons (Fsp3) is 0.417. The molecule has 0 atom stereocenters. The normalized spacial score (nSPS) is 11.3. The van der Waals surface area contributed by atoms with E-state index in [2.05, 4.69) is 22.1 Å². The first kappa shape index (κ1) is 12.5. The molecule has 1 heterocycles. The summed E-state index contributed by atoms with van der Waals surface area (Å²) in [4.78, 5) is 13.3. The smallest absolute Gasteiger partial charge is 0.337 e. The van der Waals surface area contributed by atoms with Crippen molar-refractivity contribution in [2.75, 3.05) is 20.1 Å². The molecule has 1 aromatic heterocycles. The van der Waals surface area contributed by atoms with Crippen LogP contribution in [-0.2, 0) is 6.54 Å². The van der Waals surface area contributed by atoms with Crippen molar-refractivity contribution in [3.63, 3.8) is 0 Å². The fourth-order valence-corrected chi connectivity index (χ4v) is 1.78. The molecule has 2 rings (SSSR count). The lowest BCUT2D eigenvalue weighted by atomic mass is 10.2. The number of carbonyl (C=O) groups is 1. The molecular formula is C12H16N4O2. The van der Waals surface area contributed by atoms with E-state index in [-0.39, 0.29) is 5.56 Å². The highest BCUT2D eigenvalue weighted by molar-refractivity contribution is 6.00. The van der Waals surface area contributed by atoms with Crippen LogP contribution in [0, 0.1) is 0 Å². The Kier molecular flexibility index (Phi) is 3.57. The van der Waals surface area contributed by atoms with Gasteiger partial charge in [0.2, 0.25) is 0 Å². The number of rotatable bonds is 5. The first-order valence-electron chi connectivity index (χ1n) is 5.87. The van der Waals surface area contributed by atoms with Gasteiger partial charge in [-0.25, -0.2) is 9.48 Å². The van der Waals surface area contributed by atoms with Crippen molar-refractivity contribution in [3.05, 3.63) is 23.8 Å². The molecule has 1 aromatic carbocycles.